The van der Waals surface area contributed by atoms with Gasteiger partial charge >= 0.3 is 5.97 Å². The van der Waals surface area contributed by atoms with Crippen LogP contribution in [0.15, 0.2) is 53.0 Å². The first-order valence-corrected chi connectivity index (χ1v) is 7.11. The van der Waals surface area contributed by atoms with Crippen molar-refractivity contribution in [3.8, 4) is 0 Å². The number of carbonyl (C=O) groups is 1. The molecule has 0 bridgehead atoms. The van der Waals surface area contributed by atoms with Crippen molar-refractivity contribution in [1.82, 2.24) is 0 Å². The number of halogens is 1. The Labute approximate surface area is 127 Å². The van der Waals surface area contributed by atoms with E-state index in [1.165, 1.54) is 7.11 Å². The molecule has 0 saturated carbocycles. The van der Waals surface area contributed by atoms with Crippen LogP contribution >= 0.6 is 15.9 Å². The number of methoxy groups -OCH3 is 1. The molecule has 2 aromatic carbocycles. The number of hydrogen-bond donors (Lipinski definition) is 1. The van der Waals surface area contributed by atoms with Crippen LogP contribution in [-0.4, -0.2) is 13.1 Å². The van der Waals surface area contributed by atoms with Crippen LogP contribution in [0.3, 0.4) is 0 Å². The van der Waals surface area contributed by atoms with Gasteiger partial charge in [-0.15, -0.1) is 0 Å². The highest BCUT2D eigenvalue weighted by atomic mass is 79.9. The Morgan fingerprint density at radius 1 is 1.10 bits per heavy atom. The second-order valence-corrected chi connectivity index (χ2v) is 5.30. The zero-order valence-corrected chi connectivity index (χ0v) is 12.8. The highest BCUT2D eigenvalue weighted by molar-refractivity contribution is 9.10. The van der Waals surface area contributed by atoms with E-state index < -0.39 is 0 Å². The Balaban J connectivity index is 2.05. The van der Waals surface area contributed by atoms with Crippen molar-refractivity contribution in [2.45, 2.75) is 13.0 Å². The maximum Gasteiger partial charge on any atom is 0.309 e. The van der Waals surface area contributed by atoms with E-state index >= 15 is 0 Å². The summed E-state index contributed by atoms with van der Waals surface area (Å²) in [7, 11) is 1.41. The fraction of sp³-hybridized carbons (Fsp3) is 0.188. The van der Waals surface area contributed by atoms with Crippen LogP contribution in [0.5, 0.6) is 0 Å². The minimum Gasteiger partial charge on any atom is -0.469 e. The van der Waals surface area contributed by atoms with Crippen molar-refractivity contribution in [1.29, 1.82) is 0 Å². The standard InChI is InChI=1S/C16H16BrNO2/c1-20-16(19)10-12-4-2-3-5-13(12)11-18-15-8-6-14(17)7-9-15/h2-9,18H,10-11H2,1H3. The summed E-state index contributed by atoms with van der Waals surface area (Å²) in [6, 6.07) is 15.9. The molecule has 1 N–H and O–H groups in total. The van der Waals surface area contributed by atoms with Crippen molar-refractivity contribution < 1.29 is 9.53 Å². The number of benzene rings is 2. The number of hydrogen-bond acceptors (Lipinski definition) is 3. The highest BCUT2D eigenvalue weighted by Crippen LogP contribution is 2.16. The van der Waals surface area contributed by atoms with Gasteiger partial charge in [0.15, 0.2) is 0 Å². The number of anilines is 1. The zero-order chi connectivity index (χ0) is 14.4. The summed E-state index contributed by atoms with van der Waals surface area (Å²) in [4.78, 5) is 11.4. The monoisotopic (exact) mass is 333 g/mol. The van der Waals surface area contributed by atoms with Gasteiger partial charge in [-0.1, -0.05) is 40.2 Å². The van der Waals surface area contributed by atoms with Crippen LogP contribution in [-0.2, 0) is 22.5 Å². The van der Waals surface area contributed by atoms with Crippen LogP contribution < -0.4 is 5.32 Å². The number of rotatable bonds is 5. The normalized spacial score (nSPS) is 10.1. The van der Waals surface area contributed by atoms with Crippen LogP contribution in [0.1, 0.15) is 11.1 Å². The molecule has 20 heavy (non-hydrogen) atoms. The Hall–Kier alpha value is -1.81. The van der Waals surface area contributed by atoms with Gasteiger partial charge in [0.1, 0.15) is 0 Å². The lowest BCUT2D eigenvalue weighted by molar-refractivity contribution is -0.139. The summed E-state index contributed by atoms with van der Waals surface area (Å²) in [6.45, 7) is 0.675. The first kappa shape index (κ1) is 14.6. The average Bonchev–Trinajstić information content (AvgIpc) is 2.48. The summed E-state index contributed by atoms with van der Waals surface area (Å²) in [5.41, 5.74) is 3.13. The molecule has 0 aliphatic rings. The van der Waals surface area contributed by atoms with Gasteiger partial charge in [0.05, 0.1) is 13.5 Å². The molecule has 0 radical (unpaired) electrons. The highest BCUT2D eigenvalue weighted by Gasteiger charge is 2.07. The Morgan fingerprint density at radius 2 is 1.75 bits per heavy atom. The van der Waals surface area contributed by atoms with Gasteiger partial charge in [-0.25, -0.2) is 0 Å². The second kappa shape index (κ2) is 7.10. The van der Waals surface area contributed by atoms with Gasteiger partial charge in [0.25, 0.3) is 0 Å². The Morgan fingerprint density at radius 3 is 2.40 bits per heavy atom. The summed E-state index contributed by atoms with van der Waals surface area (Å²) in [5, 5.41) is 3.35. The largest absolute Gasteiger partial charge is 0.469 e. The van der Waals surface area contributed by atoms with E-state index in [0.29, 0.717) is 13.0 Å². The maximum absolute atomic E-state index is 11.4. The number of nitrogens with one attached hydrogen (secondary N) is 1. The number of esters is 1. The van der Waals surface area contributed by atoms with Crippen molar-refractivity contribution in [2.24, 2.45) is 0 Å². The molecule has 0 spiro atoms. The van der Waals surface area contributed by atoms with Crippen LogP contribution in [0.25, 0.3) is 0 Å². The minimum atomic E-state index is -0.221. The lowest BCUT2D eigenvalue weighted by atomic mass is 10.0. The SMILES string of the molecule is COC(=O)Cc1ccccc1CNc1ccc(Br)cc1. The maximum atomic E-state index is 11.4. The van der Waals surface area contributed by atoms with E-state index in [1.807, 2.05) is 48.5 Å². The van der Waals surface area contributed by atoms with Gasteiger partial charge in [-0.05, 0) is 35.4 Å². The van der Waals surface area contributed by atoms with Crippen LogP contribution in [0, 0.1) is 0 Å². The average molecular weight is 334 g/mol. The van der Waals surface area contributed by atoms with Crippen molar-refractivity contribution in [3.63, 3.8) is 0 Å². The predicted octanol–water partition coefficient (Wildman–Crippen LogP) is 3.78. The number of ether oxygens (including phenoxy) is 1. The first-order chi connectivity index (χ1) is 9.69. The molecule has 0 atom stereocenters. The Kier molecular flexibility index (Phi) is 5.18. The van der Waals surface area contributed by atoms with E-state index in [9.17, 15) is 4.79 Å². The first-order valence-electron chi connectivity index (χ1n) is 6.32. The lowest BCUT2D eigenvalue weighted by Crippen LogP contribution is -2.09. The fourth-order valence-corrected chi connectivity index (χ4v) is 2.16. The van der Waals surface area contributed by atoms with E-state index in [1.54, 1.807) is 0 Å². The van der Waals surface area contributed by atoms with E-state index in [0.717, 1.165) is 21.3 Å². The van der Waals surface area contributed by atoms with Crippen molar-refractivity contribution in [2.75, 3.05) is 12.4 Å². The summed E-state index contributed by atoms with van der Waals surface area (Å²) < 4.78 is 5.77. The summed E-state index contributed by atoms with van der Waals surface area (Å²) >= 11 is 3.41. The van der Waals surface area contributed by atoms with Gasteiger partial charge in [-0.2, -0.15) is 0 Å². The van der Waals surface area contributed by atoms with Gasteiger partial charge in [-0.3, -0.25) is 4.79 Å². The molecule has 0 aromatic heterocycles. The third-order valence-corrected chi connectivity index (χ3v) is 3.54. The Bertz CT molecular complexity index is 581. The quantitative estimate of drug-likeness (QED) is 0.846. The lowest BCUT2D eigenvalue weighted by Gasteiger charge is -2.11. The molecular weight excluding hydrogens is 318 g/mol. The molecule has 0 amide bonds. The van der Waals surface area contributed by atoms with Crippen LogP contribution in [0.2, 0.25) is 0 Å². The molecule has 0 aliphatic carbocycles. The summed E-state index contributed by atoms with van der Waals surface area (Å²) in [5.74, 6) is -0.221. The fourth-order valence-electron chi connectivity index (χ4n) is 1.90. The van der Waals surface area contributed by atoms with Gasteiger partial charge in [0.2, 0.25) is 0 Å². The molecule has 104 valence electrons. The third-order valence-electron chi connectivity index (χ3n) is 3.01. The molecule has 2 aromatic rings. The van der Waals surface area contributed by atoms with E-state index in [-0.39, 0.29) is 5.97 Å². The van der Waals surface area contributed by atoms with Crippen molar-refractivity contribution >= 4 is 27.6 Å². The number of carbonyl (C=O) groups excluding carboxylic acids is 1. The molecule has 4 heteroatoms. The van der Waals surface area contributed by atoms with Crippen LogP contribution in [0.4, 0.5) is 5.69 Å². The second-order valence-electron chi connectivity index (χ2n) is 4.38. The molecule has 0 aliphatic heterocycles. The topological polar surface area (TPSA) is 38.3 Å². The molecule has 0 fully saturated rings. The molecule has 0 heterocycles. The smallest absolute Gasteiger partial charge is 0.309 e. The third kappa shape index (κ3) is 4.10. The van der Waals surface area contributed by atoms with E-state index in [4.69, 9.17) is 4.74 Å². The molecule has 2 rings (SSSR count). The molecule has 0 unspecified atom stereocenters. The molecule has 3 nitrogen and oxygen atoms in total. The molecule has 0 saturated heterocycles. The van der Waals surface area contributed by atoms with Crippen molar-refractivity contribution in [3.05, 3.63) is 64.1 Å². The minimum absolute atomic E-state index is 0.221. The summed E-state index contributed by atoms with van der Waals surface area (Å²) in [6.07, 6.45) is 0.300. The van der Waals surface area contributed by atoms with E-state index in [2.05, 4.69) is 21.2 Å². The van der Waals surface area contributed by atoms with Gasteiger partial charge < -0.3 is 10.1 Å². The molecular formula is C16H16BrNO2. The zero-order valence-electron chi connectivity index (χ0n) is 11.2. The predicted molar refractivity (Wildman–Crippen MR) is 83.6 cm³/mol. The van der Waals surface area contributed by atoms with Gasteiger partial charge in [0, 0.05) is 16.7 Å².